The summed E-state index contributed by atoms with van der Waals surface area (Å²) in [5.41, 5.74) is -0.427. The second-order valence-electron chi connectivity index (χ2n) is 6.80. The molecule has 2 fully saturated rings. The highest BCUT2D eigenvalue weighted by molar-refractivity contribution is 4.86. The van der Waals surface area contributed by atoms with E-state index in [1.807, 2.05) is 0 Å². The Kier molecular flexibility index (Phi) is 6.11. The minimum Gasteiger partial charge on any atom is -0.389 e. The topological polar surface area (TPSA) is 44.3 Å². The van der Waals surface area contributed by atoms with E-state index < -0.39 is 5.60 Å². The molecule has 2 atom stereocenters. The Bertz CT molecular complexity index is 243. The summed E-state index contributed by atoms with van der Waals surface area (Å²) >= 11 is 0. The lowest BCUT2D eigenvalue weighted by atomic mass is 9.84. The largest absolute Gasteiger partial charge is 0.389 e. The van der Waals surface area contributed by atoms with Crippen LogP contribution in [0.5, 0.6) is 0 Å². The van der Waals surface area contributed by atoms with Gasteiger partial charge >= 0.3 is 0 Å². The quantitative estimate of drug-likeness (QED) is 0.718. The first-order chi connectivity index (χ1) is 9.18. The lowest BCUT2D eigenvalue weighted by Crippen LogP contribution is -2.46. The highest BCUT2D eigenvalue weighted by atomic mass is 16.3. The van der Waals surface area contributed by atoms with Gasteiger partial charge in [-0.15, -0.1) is 0 Å². The van der Waals surface area contributed by atoms with Gasteiger partial charge in [-0.05, 0) is 45.6 Å². The minimum atomic E-state index is -0.427. The number of hydrogen-bond acceptors (Lipinski definition) is 3. The molecule has 112 valence electrons. The smallest absolute Gasteiger partial charge is 0.0771 e. The van der Waals surface area contributed by atoms with Crippen LogP contribution in [0.1, 0.15) is 71.1 Å². The lowest BCUT2D eigenvalue weighted by Gasteiger charge is -2.34. The van der Waals surface area contributed by atoms with Crippen LogP contribution in [0.15, 0.2) is 0 Å². The predicted octanol–water partition coefficient (Wildman–Crippen LogP) is 2.58. The third-order valence-corrected chi connectivity index (χ3v) is 4.86. The molecule has 2 rings (SSSR count). The molecule has 1 aliphatic carbocycles. The van der Waals surface area contributed by atoms with Crippen LogP contribution in [0, 0.1) is 0 Å². The molecule has 3 heteroatoms. The second-order valence-corrected chi connectivity index (χ2v) is 6.80. The Hall–Kier alpha value is -0.120. The van der Waals surface area contributed by atoms with Crippen molar-refractivity contribution < 1.29 is 5.11 Å². The second kappa shape index (κ2) is 7.61. The van der Waals surface area contributed by atoms with Gasteiger partial charge in [-0.2, -0.15) is 0 Å². The molecule has 2 unspecified atom stereocenters. The van der Waals surface area contributed by atoms with Gasteiger partial charge in [0.05, 0.1) is 5.60 Å². The summed E-state index contributed by atoms with van der Waals surface area (Å²) in [6, 6.07) is 1.17. The highest BCUT2D eigenvalue weighted by Gasteiger charge is 2.29. The maximum absolute atomic E-state index is 10.5. The normalized spacial score (nSPS) is 29.7. The van der Waals surface area contributed by atoms with Crippen molar-refractivity contribution in [3.8, 4) is 0 Å². The fraction of sp³-hybridized carbons (Fsp3) is 1.00. The van der Waals surface area contributed by atoms with Crippen molar-refractivity contribution in [2.45, 2.75) is 88.8 Å². The van der Waals surface area contributed by atoms with Crippen LogP contribution in [-0.2, 0) is 0 Å². The zero-order valence-electron chi connectivity index (χ0n) is 12.6. The zero-order valence-corrected chi connectivity index (χ0v) is 12.6. The molecule has 19 heavy (non-hydrogen) atoms. The van der Waals surface area contributed by atoms with Crippen LogP contribution in [-0.4, -0.2) is 35.9 Å². The molecule has 1 saturated carbocycles. The van der Waals surface area contributed by atoms with E-state index in [1.54, 1.807) is 0 Å². The first kappa shape index (κ1) is 15.3. The first-order valence-electron chi connectivity index (χ1n) is 8.37. The summed E-state index contributed by atoms with van der Waals surface area (Å²) in [6.07, 6.45) is 12.2. The molecule has 0 bridgehead atoms. The van der Waals surface area contributed by atoms with Crippen molar-refractivity contribution in [1.29, 1.82) is 0 Å². The number of hydrogen-bond donors (Lipinski definition) is 3. The Morgan fingerprint density at radius 2 is 1.89 bits per heavy atom. The van der Waals surface area contributed by atoms with E-state index in [1.165, 1.54) is 57.9 Å². The lowest BCUT2D eigenvalue weighted by molar-refractivity contribution is 0.00263. The molecule has 3 nitrogen and oxygen atoms in total. The summed E-state index contributed by atoms with van der Waals surface area (Å²) in [6.45, 7) is 4.22. The molecular weight excluding hydrogens is 236 g/mol. The van der Waals surface area contributed by atoms with E-state index in [4.69, 9.17) is 0 Å². The van der Waals surface area contributed by atoms with Gasteiger partial charge in [0.2, 0.25) is 0 Å². The molecule has 0 aromatic heterocycles. The Balaban J connectivity index is 1.66. The number of aliphatic hydroxyl groups is 1. The van der Waals surface area contributed by atoms with Crippen molar-refractivity contribution in [1.82, 2.24) is 10.6 Å². The molecule has 0 radical (unpaired) electrons. The predicted molar refractivity (Wildman–Crippen MR) is 80.4 cm³/mol. The Morgan fingerprint density at radius 3 is 2.68 bits per heavy atom. The molecule has 1 saturated heterocycles. The van der Waals surface area contributed by atoms with E-state index in [0.717, 1.165) is 19.4 Å². The van der Waals surface area contributed by atoms with Crippen molar-refractivity contribution >= 4 is 0 Å². The molecule has 0 aromatic carbocycles. The van der Waals surface area contributed by atoms with Crippen LogP contribution in [0.4, 0.5) is 0 Å². The van der Waals surface area contributed by atoms with Gasteiger partial charge in [0.25, 0.3) is 0 Å². The SMILES string of the molecule is CC(CC1CCCCCN1)NCC1(O)CCCCC1. The summed E-state index contributed by atoms with van der Waals surface area (Å²) < 4.78 is 0. The van der Waals surface area contributed by atoms with Gasteiger partial charge in [0, 0.05) is 18.6 Å². The summed E-state index contributed by atoms with van der Waals surface area (Å²) in [5.74, 6) is 0. The monoisotopic (exact) mass is 268 g/mol. The van der Waals surface area contributed by atoms with Crippen LogP contribution in [0.2, 0.25) is 0 Å². The standard InChI is InChI=1S/C16H32N2O/c1-14(12-15-8-4-2-7-11-17-15)18-13-16(19)9-5-3-6-10-16/h14-15,17-19H,2-13H2,1H3. The van der Waals surface area contributed by atoms with Crippen molar-refractivity contribution in [2.24, 2.45) is 0 Å². The van der Waals surface area contributed by atoms with Crippen LogP contribution in [0.3, 0.4) is 0 Å². The van der Waals surface area contributed by atoms with Gasteiger partial charge in [-0.3, -0.25) is 0 Å². The fourth-order valence-corrected chi connectivity index (χ4v) is 3.56. The molecule has 0 spiro atoms. The minimum absolute atomic E-state index is 0.427. The molecule has 2 aliphatic rings. The Labute approximate surface area is 118 Å². The van der Waals surface area contributed by atoms with Crippen LogP contribution in [0.25, 0.3) is 0 Å². The van der Waals surface area contributed by atoms with Crippen molar-refractivity contribution in [3.63, 3.8) is 0 Å². The maximum atomic E-state index is 10.5. The average molecular weight is 268 g/mol. The first-order valence-corrected chi connectivity index (χ1v) is 8.37. The fourth-order valence-electron chi connectivity index (χ4n) is 3.56. The van der Waals surface area contributed by atoms with Gasteiger partial charge < -0.3 is 15.7 Å². The van der Waals surface area contributed by atoms with Crippen LogP contribution >= 0.6 is 0 Å². The third-order valence-electron chi connectivity index (χ3n) is 4.86. The van der Waals surface area contributed by atoms with Gasteiger partial charge in [0.15, 0.2) is 0 Å². The summed E-state index contributed by atoms with van der Waals surface area (Å²) in [4.78, 5) is 0. The van der Waals surface area contributed by atoms with Crippen molar-refractivity contribution in [3.05, 3.63) is 0 Å². The van der Waals surface area contributed by atoms with Gasteiger partial charge in [-0.25, -0.2) is 0 Å². The molecule has 0 aromatic rings. The molecule has 1 heterocycles. The number of rotatable bonds is 5. The number of nitrogens with one attached hydrogen (secondary N) is 2. The molecular formula is C16H32N2O. The van der Waals surface area contributed by atoms with E-state index >= 15 is 0 Å². The van der Waals surface area contributed by atoms with E-state index in [-0.39, 0.29) is 0 Å². The third kappa shape index (κ3) is 5.41. The average Bonchev–Trinajstić information content (AvgIpc) is 2.66. The highest BCUT2D eigenvalue weighted by Crippen LogP contribution is 2.27. The molecule has 1 aliphatic heterocycles. The molecule has 3 N–H and O–H groups in total. The van der Waals surface area contributed by atoms with Gasteiger partial charge in [0.1, 0.15) is 0 Å². The van der Waals surface area contributed by atoms with Crippen LogP contribution < -0.4 is 10.6 Å². The van der Waals surface area contributed by atoms with E-state index in [9.17, 15) is 5.11 Å². The van der Waals surface area contributed by atoms with E-state index in [0.29, 0.717) is 12.1 Å². The van der Waals surface area contributed by atoms with Gasteiger partial charge in [-0.1, -0.05) is 32.1 Å². The maximum Gasteiger partial charge on any atom is 0.0771 e. The Morgan fingerprint density at radius 1 is 1.16 bits per heavy atom. The van der Waals surface area contributed by atoms with Crippen molar-refractivity contribution in [2.75, 3.05) is 13.1 Å². The molecule has 0 amide bonds. The zero-order chi connectivity index (χ0) is 13.6. The van der Waals surface area contributed by atoms with E-state index in [2.05, 4.69) is 17.6 Å². The summed E-state index contributed by atoms with van der Waals surface area (Å²) in [7, 11) is 0. The summed E-state index contributed by atoms with van der Waals surface area (Å²) in [5, 5.41) is 17.7.